The monoisotopic (exact) mass is 332 g/mol. The van der Waals surface area contributed by atoms with Crippen LogP contribution in [0, 0.1) is 20.8 Å². The molecule has 2 aromatic rings. The van der Waals surface area contributed by atoms with Crippen molar-refractivity contribution in [3.63, 3.8) is 0 Å². The van der Waals surface area contributed by atoms with Crippen molar-refractivity contribution in [1.29, 1.82) is 0 Å². The molecule has 0 fully saturated rings. The van der Waals surface area contributed by atoms with E-state index in [1.54, 1.807) is 7.11 Å². The van der Waals surface area contributed by atoms with Gasteiger partial charge in [0.15, 0.2) is 0 Å². The Balaban J connectivity index is 2.19. The third-order valence-electron chi connectivity index (χ3n) is 3.78. The first-order chi connectivity index (χ1) is 9.51. The van der Waals surface area contributed by atoms with Crippen LogP contribution < -0.4 is 4.74 Å². The number of rotatable bonds is 4. The van der Waals surface area contributed by atoms with E-state index in [1.807, 2.05) is 0 Å². The number of alkyl halides is 1. The van der Waals surface area contributed by atoms with Crippen molar-refractivity contribution in [3.05, 3.63) is 64.2 Å². The van der Waals surface area contributed by atoms with Crippen molar-refractivity contribution < 1.29 is 4.74 Å². The Hall–Kier alpha value is -1.28. The van der Waals surface area contributed by atoms with Crippen LogP contribution in [-0.2, 0) is 6.42 Å². The summed E-state index contributed by atoms with van der Waals surface area (Å²) in [5.41, 5.74) is 6.47. The zero-order valence-electron chi connectivity index (χ0n) is 12.5. The van der Waals surface area contributed by atoms with Crippen molar-refractivity contribution >= 4 is 15.9 Å². The van der Waals surface area contributed by atoms with Crippen LogP contribution in [0.4, 0.5) is 0 Å². The van der Waals surface area contributed by atoms with Gasteiger partial charge in [0.05, 0.1) is 7.11 Å². The molecule has 0 aromatic heterocycles. The average molecular weight is 333 g/mol. The van der Waals surface area contributed by atoms with Gasteiger partial charge in [-0.3, -0.25) is 0 Å². The Morgan fingerprint density at radius 1 is 0.950 bits per heavy atom. The molecule has 106 valence electrons. The van der Waals surface area contributed by atoms with Gasteiger partial charge in [-0.05, 0) is 61.1 Å². The molecule has 1 unspecified atom stereocenters. The fraction of sp³-hybridized carbons (Fsp3) is 0.333. The molecule has 0 heterocycles. The molecular weight excluding hydrogens is 312 g/mol. The van der Waals surface area contributed by atoms with Crippen LogP contribution in [0.25, 0.3) is 0 Å². The Labute approximate surface area is 130 Å². The SMILES string of the molecule is COc1cc(C(Br)Cc2ccc(C)c(C)c2)ccc1C. The highest BCUT2D eigenvalue weighted by Crippen LogP contribution is 2.31. The highest BCUT2D eigenvalue weighted by atomic mass is 79.9. The summed E-state index contributed by atoms with van der Waals surface area (Å²) in [6.45, 7) is 6.38. The van der Waals surface area contributed by atoms with Crippen molar-refractivity contribution in [2.45, 2.75) is 32.0 Å². The standard InChI is InChI=1S/C18H21BrO/c1-12-5-7-15(9-14(12)3)10-17(19)16-8-6-13(2)18(11-16)20-4/h5-9,11,17H,10H2,1-4H3. The highest BCUT2D eigenvalue weighted by Gasteiger charge is 2.11. The van der Waals surface area contributed by atoms with Crippen molar-refractivity contribution in [1.82, 2.24) is 0 Å². The second-order valence-corrected chi connectivity index (χ2v) is 6.42. The second kappa shape index (κ2) is 6.45. The predicted molar refractivity (Wildman–Crippen MR) is 89.0 cm³/mol. The summed E-state index contributed by atoms with van der Waals surface area (Å²) >= 11 is 3.80. The molecular formula is C18H21BrO. The molecule has 0 saturated heterocycles. The largest absolute Gasteiger partial charge is 0.496 e. The quantitative estimate of drug-likeness (QED) is 0.690. The topological polar surface area (TPSA) is 9.23 Å². The number of halogens is 1. The first-order valence-electron chi connectivity index (χ1n) is 6.86. The maximum Gasteiger partial charge on any atom is 0.122 e. The highest BCUT2D eigenvalue weighted by molar-refractivity contribution is 9.09. The molecule has 0 aliphatic carbocycles. The lowest BCUT2D eigenvalue weighted by atomic mass is 9.99. The number of hydrogen-bond acceptors (Lipinski definition) is 1. The van der Waals surface area contributed by atoms with Gasteiger partial charge in [-0.25, -0.2) is 0 Å². The van der Waals surface area contributed by atoms with Crippen LogP contribution >= 0.6 is 15.9 Å². The van der Waals surface area contributed by atoms with Crippen molar-refractivity contribution in [2.24, 2.45) is 0 Å². The molecule has 0 saturated carbocycles. The summed E-state index contributed by atoms with van der Waals surface area (Å²) in [4.78, 5) is 0.305. The Morgan fingerprint density at radius 3 is 2.30 bits per heavy atom. The van der Waals surface area contributed by atoms with E-state index >= 15 is 0 Å². The molecule has 20 heavy (non-hydrogen) atoms. The van der Waals surface area contributed by atoms with Crippen LogP contribution in [0.2, 0.25) is 0 Å². The van der Waals surface area contributed by atoms with E-state index in [4.69, 9.17) is 4.74 Å². The molecule has 1 atom stereocenters. The summed E-state index contributed by atoms with van der Waals surface area (Å²) < 4.78 is 5.40. The molecule has 0 radical (unpaired) electrons. The van der Waals surface area contributed by atoms with E-state index in [0.717, 1.165) is 12.2 Å². The lowest BCUT2D eigenvalue weighted by molar-refractivity contribution is 0.411. The van der Waals surface area contributed by atoms with E-state index in [2.05, 4.69) is 73.1 Å². The number of hydrogen-bond donors (Lipinski definition) is 0. The molecule has 2 rings (SSSR count). The van der Waals surface area contributed by atoms with Gasteiger partial charge >= 0.3 is 0 Å². The first kappa shape index (κ1) is 15.1. The molecule has 0 bridgehead atoms. The molecule has 0 N–H and O–H groups in total. The number of methoxy groups -OCH3 is 1. The van der Waals surface area contributed by atoms with Gasteiger partial charge in [0, 0.05) is 4.83 Å². The second-order valence-electron chi connectivity index (χ2n) is 5.32. The average Bonchev–Trinajstić information content (AvgIpc) is 2.43. The minimum atomic E-state index is 0.305. The van der Waals surface area contributed by atoms with Crippen LogP contribution in [-0.4, -0.2) is 7.11 Å². The molecule has 2 heteroatoms. The Bertz CT molecular complexity index is 604. The number of ether oxygens (including phenoxy) is 1. The van der Waals surface area contributed by atoms with Gasteiger partial charge in [-0.2, -0.15) is 0 Å². The van der Waals surface area contributed by atoms with Crippen molar-refractivity contribution in [2.75, 3.05) is 7.11 Å². The fourth-order valence-corrected chi connectivity index (χ4v) is 2.95. The minimum absolute atomic E-state index is 0.305. The van der Waals surface area contributed by atoms with Gasteiger partial charge < -0.3 is 4.74 Å². The van der Waals surface area contributed by atoms with E-state index in [9.17, 15) is 0 Å². The van der Waals surface area contributed by atoms with E-state index in [1.165, 1.54) is 27.8 Å². The summed E-state index contributed by atoms with van der Waals surface area (Å²) in [6, 6.07) is 13.1. The predicted octanol–water partition coefficient (Wildman–Crippen LogP) is 5.30. The van der Waals surface area contributed by atoms with Gasteiger partial charge in [0.1, 0.15) is 5.75 Å². The molecule has 1 nitrogen and oxygen atoms in total. The smallest absolute Gasteiger partial charge is 0.122 e. The summed E-state index contributed by atoms with van der Waals surface area (Å²) in [5.74, 6) is 0.951. The van der Waals surface area contributed by atoms with E-state index in [0.29, 0.717) is 4.83 Å². The van der Waals surface area contributed by atoms with Crippen molar-refractivity contribution in [3.8, 4) is 5.75 Å². The first-order valence-corrected chi connectivity index (χ1v) is 7.77. The maximum absolute atomic E-state index is 5.40. The van der Waals surface area contributed by atoms with Gasteiger partial charge in [0.25, 0.3) is 0 Å². The molecule has 2 aromatic carbocycles. The zero-order valence-corrected chi connectivity index (χ0v) is 14.1. The summed E-state index contributed by atoms with van der Waals surface area (Å²) in [5, 5.41) is 0. The van der Waals surface area contributed by atoms with Crippen LogP contribution in [0.15, 0.2) is 36.4 Å². The van der Waals surface area contributed by atoms with Gasteiger partial charge in [-0.15, -0.1) is 0 Å². The van der Waals surface area contributed by atoms with Gasteiger partial charge in [0.2, 0.25) is 0 Å². The molecule has 0 amide bonds. The molecule has 0 spiro atoms. The Morgan fingerprint density at radius 2 is 1.65 bits per heavy atom. The lowest BCUT2D eigenvalue weighted by Crippen LogP contribution is -1.98. The number of aryl methyl sites for hydroxylation is 3. The molecule has 0 aliphatic heterocycles. The third kappa shape index (κ3) is 3.43. The van der Waals surface area contributed by atoms with Gasteiger partial charge in [-0.1, -0.05) is 46.3 Å². The normalized spacial score (nSPS) is 12.2. The van der Waals surface area contributed by atoms with Crippen LogP contribution in [0.5, 0.6) is 5.75 Å². The van der Waals surface area contributed by atoms with Crippen LogP contribution in [0.3, 0.4) is 0 Å². The lowest BCUT2D eigenvalue weighted by Gasteiger charge is -2.14. The molecule has 0 aliphatic rings. The number of benzene rings is 2. The van der Waals surface area contributed by atoms with E-state index in [-0.39, 0.29) is 0 Å². The fourth-order valence-electron chi connectivity index (χ4n) is 2.29. The van der Waals surface area contributed by atoms with Crippen LogP contribution in [0.1, 0.15) is 32.6 Å². The zero-order chi connectivity index (χ0) is 14.7. The maximum atomic E-state index is 5.40. The minimum Gasteiger partial charge on any atom is -0.496 e. The Kier molecular flexibility index (Phi) is 4.87. The van der Waals surface area contributed by atoms with E-state index < -0.39 is 0 Å². The summed E-state index contributed by atoms with van der Waals surface area (Å²) in [6.07, 6.45) is 0.979. The summed E-state index contributed by atoms with van der Waals surface area (Å²) in [7, 11) is 1.72. The third-order valence-corrected chi connectivity index (χ3v) is 4.63.